The van der Waals surface area contributed by atoms with Crippen molar-refractivity contribution in [1.29, 1.82) is 0 Å². The summed E-state index contributed by atoms with van der Waals surface area (Å²) in [5.74, 6) is 0. The van der Waals surface area contributed by atoms with Crippen LogP contribution in [0.15, 0.2) is 88.7 Å². The summed E-state index contributed by atoms with van der Waals surface area (Å²) in [6.45, 7) is 3.67. The fraction of sp³-hybridized carbons (Fsp3) is 0.280. The highest BCUT2D eigenvalue weighted by Crippen LogP contribution is 2.41. The van der Waals surface area contributed by atoms with E-state index in [0.717, 1.165) is 11.3 Å². The molecule has 4 rings (SSSR count). The monoisotopic (exact) mass is 499 g/mol. The van der Waals surface area contributed by atoms with Gasteiger partial charge in [-0.15, -0.1) is 0 Å². The maximum atomic E-state index is 13.8. The van der Waals surface area contributed by atoms with Crippen LogP contribution in [0, 0.1) is 6.92 Å². The second-order valence-electron chi connectivity index (χ2n) is 8.74. The lowest BCUT2D eigenvalue weighted by Crippen LogP contribution is -2.39. The van der Waals surface area contributed by atoms with Gasteiger partial charge in [-0.3, -0.25) is 0 Å². The molecule has 1 saturated heterocycles. The summed E-state index contributed by atoms with van der Waals surface area (Å²) in [5, 5.41) is 0. The highest BCUT2D eigenvalue weighted by Gasteiger charge is 2.50. The van der Waals surface area contributed by atoms with E-state index < -0.39 is 32.3 Å². The fourth-order valence-electron chi connectivity index (χ4n) is 4.22. The molecule has 180 valence electrons. The molecule has 0 spiro atoms. The number of hydrogen-bond acceptors (Lipinski definition) is 5. The lowest BCUT2D eigenvalue weighted by Gasteiger charge is -2.31. The van der Waals surface area contributed by atoms with Crippen molar-refractivity contribution in [3.05, 3.63) is 90.0 Å². The molecular weight excluding hydrogens is 470 g/mol. The Hall–Kier alpha value is -2.72. The molecule has 3 aromatic rings. The molecule has 0 bridgehead atoms. The second-order valence-corrected chi connectivity index (χ2v) is 12.5. The highest BCUT2D eigenvalue weighted by atomic mass is 32.2. The standard InChI is InChI=1S/C25H29N3O4S2/c1-19-10-16-24(17-11-19)33(29,30)27-18-20(2)28(34(31,32)23-8-6-5-7-9-23)25(27)21-12-14-22(15-13-21)26(3)4/h5-17,20,25H,18H2,1-4H3/t20-,25+/m1/s1. The van der Waals surface area contributed by atoms with E-state index in [4.69, 9.17) is 0 Å². The first-order valence-electron chi connectivity index (χ1n) is 11.0. The Bertz CT molecular complexity index is 1360. The van der Waals surface area contributed by atoms with E-state index >= 15 is 0 Å². The molecule has 0 N–H and O–H groups in total. The van der Waals surface area contributed by atoms with Gasteiger partial charge in [-0.1, -0.05) is 48.0 Å². The smallest absolute Gasteiger partial charge is 0.245 e. The van der Waals surface area contributed by atoms with Crippen LogP contribution in [0.4, 0.5) is 5.69 Å². The largest absolute Gasteiger partial charge is 0.378 e. The number of sulfonamides is 2. The van der Waals surface area contributed by atoms with E-state index in [0.29, 0.717) is 5.56 Å². The zero-order valence-electron chi connectivity index (χ0n) is 19.7. The zero-order valence-corrected chi connectivity index (χ0v) is 21.3. The van der Waals surface area contributed by atoms with E-state index in [1.54, 1.807) is 61.5 Å². The van der Waals surface area contributed by atoms with Gasteiger partial charge in [0.15, 0.2) is 0 Å². The summed E-state index contributed by atoms with van der Waals surface area (Å²) in [4.78, 5) is 2.20. The zero-order chi connectivity index (χ0) is 24.7. The topological polar surface area (TPSA) is 78.0 Å². The summed E-state index contributed by atoms with van der Waals surface area (Å²) < 4.78 is 57.6. The van der Waals surface area contributed by atoms with Gasteiger partial charge in [0, 0.05) is 32.4 Å². The van der Waals surface area contributed by atoms with Crippen molar-refractivity contribution in [2.24, 2.45) is 0 Å². The van der Waals surface area contributed by atoms with Gasteiger partial charge in [-0.25, -0.2) is 16.8 Å². The second kappa shape index (κ2) is 9.14. The van der Waals surface area contributed by atoms with Crippen LogP contribution in [0.1, 0.15) is 24.2 Å². The van der Waals surface area contributed by atoms with Crippen molar-refractivity contribution >= 4 is 25.7 Å². The normalized spacial score (nSPS) is 19.9. The van der Waals surface area contributed by atoms with Crippen LogP contribution < -0.4 is 4.90 Å². The number of aryl methyl sites for hydroxylation is 1. The van der Waals surface area contributed by atoms with Gasteiger partial charge in [0.25, 0.3) is 0 Å². The van der Waals surface area contributed by atoms with Crippen molar-refractivity contribution in [2.75, 3.05) is 25.5 Å². The molecule has 0 radical (unpaired) electrons. The number of benzene rings is 3. The maximum Gasteiger partial charge on any atom is 0.245 e. The van der Waals surface area contributed by atoms with Crippen LogP contribution in [-0.2, 0) is 20.0 Å². The average Bonchev–Trinajstić information content (AvgIpc) is 3.18. The van der Waals surface area contributed by atoms with Gasteiger partial charge >= 0.3 is 0 Å². The Kier molecular flexibility index (Phi) is 6.56. The van der Waals surface area contributed by atoms with Gasteiger partial charge in [-0.2, -0.15) is 8.61 Å². The minimum atomic E-state index is -3.98. The van der Waals surface area contributed by atoms with E-state index in [2.05, 4.69) is 0 Å². The summed E-state index contributed by atoms with van der Waals surface area (Å²) in [6, 6.07) is 21.5. The quantitative estimate of drug-likeness (QED) is 0.515. The molecule has 0 aliphatic carbocycles. The maximum absolute atomic E-state index is 13.8. The molecule has 0 aromatic heterocycles. The molecule has 0 saturated carbocycles. The summed E-state index contributed by atoms with van der Waals surface area (Å²) >= 11 is 0. The van der Waals surface area contributed by atoms with Crippen LogP contribution in [0.3, 0.4) is 0 Å². The number of hydrogen-bond donors (Lipinski definition) is 0. The molecule has 7 nitrogen and oxygen atoms in total. The van der Waals surface area contributed by atoms with E-state index in [1.807, 2.05) is 38.1 Å². The van der Waals surface area contributed by atoms with Crippen LogP contribution in [-0.4, -0.2) is 52.1 Å². The van der Waals surface area contributed by atoms with Crippen molar-refractivity contribution in [3.63, 3.8) is 0 Å². The first-order chi connectivity index (χ1) is 16.0. The van der Waals surface area contributed by atoms with E-state index in [-0.39, 0.29) is 16.3 Å². The SMILES string of the molecule is Cc1ccc(S(=O)(=O)N2C[C@@H](C)N(S(=O)(=O)c3ccccc3)[C@H]2c2ccc(N(C)C)cc2)cc1. The Morgan fingerprint density at radius 3 is 1.88 bits per heavy atom. The van der Waals surface area contributed by atoms with Gasteiger partial charge in [0.2, 0.25) is 20.0 Å². The summed E-state index contributed by atoms with van der Waals surface area (Å²) in [5.41, 5.74) is 2.46. The van der Waals surface area contributed by atoms with Crippen molar-refractivity contribution in [3.8, 4) is 0 Å². The lowest BCUT2D eigenvalue weighted by atomic mass is 10.1. The molecule has 1 aliphatic heterocycles. The third-order valence-corrected chi connectivity index (χ3v) is 9.86. The molecule has 1 heterocycles. The fourth-order valence-corrected chi connectivity index (χ4v) is 7.72. The highest BCUT2D eigenvalue weighted by molar-refractivity contribution is 7.90. The van der Waals surface area contributed by atoms with Gasteiger partial charge in [-0.05, 0) is 55.8 Å². The van der Waals surface area contributed by atoms with Crippen molar-refractivity contribution in [2.45, 2.75) is 35.8 Å². The molecule has 1 aliphatic rings. The van der Waals surface area contributed by atoms with Crippen LogP contribution >= 0.6 is 0 Å². The van der Waals surface area contributed by atoms with Gasteiger partial charge in [0.1, 0.15) is 6.17 Å². The van der Waals surface area contributed by atoms with E-state index in [9.17, 15) is 16.8 Å². The summed E-state index contributed by atoms with van der Waals surface area (Å²) in [6.07, 6.45) is -1.01. The Morgan fingerprint density at radius 1 is 0.765 bits per heavy atom. The van der Waals surface area contributed by atoms with E-state index in [1.165, 1.54) is 20.7 Å². The molecule has 9 heteroatoms. The predicted molar refractivity (Wildman–Crippen MR) is 134 cm³/mol. The molecule has 2 atom stereocenters. The average molecular weight is 500 g/mol. The number of rotatable bonds is 6. The molecular formula is C25H29N3O4S2. The number of anilines is 1. The first-order valence-corrected chi connectivity index (χ1v) is 13.9. The van der Waals surface area contributed by atoms with Gasteiger partial charge < -0.3 is 4.90 Å². The third kappa shape index (κ3) is 4.36. The van der Waals surface area contributed by atoms with Gasteiger partial charge in [0.05, 0.1) is 9.79 Å². The Balaban J connectivity index is 1.87. The first kappa shape index (κ1) is 24.4. The Morgan fingerprint density at radius 2 is 1.32 bits per heavy atom. The third-order valence-electron chi connectivity index (χ3n) is 6.05. The van der Waals surface area contributed by atoms with Crippen molar-refractivity contribution in [1.82, 2.24) is 8.61 Å². The minimum absolute atomic E-state index is 0.0440. The predicted octanol–water partition coefficient (Wildman–Crippen LogP) is 3.84. The van der Waals surface area contributed by atoms with Crippen molar-refractivity contribution < 1.29 is 16.8 Å². The number of nitrogens with zero attached hydrogens (tertiary/aromatic N) is 3. The lowest BCUT2D eigenvalue weighted by molar-refractivity contribution is 0.276. The molecule has 3 aromatic carbocycles. The minimum Gasteiger partial charge on any atom is -0.378 e. The van der Waals surface area contributed by atoms with Crippen LogP contribution in [0.5, 0.6) is 0 Å². The molecule has 1 fully saturated rings. The molecule has 0 amide bonds. The summed E-state index contributed by atoms with van der Waals surface area (Å²) in [7, 11) is -4.13. The Labute approximate surface area is 202 Å². The molecule has 0 unspecified atom stereocenters. The van der Waals surface area contributed by atoms with Crippen LogP contribution in [0.2, 0.25) is 0 Å². The van der Waals surface area contributed by atoms with Crippen LogP contribution in [0.25, 0.3) is 0 Å². The molecule has 34 heavy (non-hydrogen) atoms.